The van der Waals surface area contributed by atoms with Gasteiger partial charge in [-0.15, -0.1) is 0 Å². The van der Waals surface area contributed by atoms with E-state index in [9.17, 15) is 13.2 Å². The molecular formula is C9H18ClNO4S. The summed E-state index contributed by atoms with van der Waals surface area (Å²) in [6, 6.07) is 0. The van der Waals surface area contributed by atoms with Crippen LogP contribution in [0.25, 0.3) is 0 Å². The molecule has 16 heavy (non-hydrogen) atoms. The van der Waals surface area contributed by atoms with Crippen LogP contribution < -0.4 is 0 Å². The molecule has 0 aromatic rings. The van der Waals surface area contributed by atoms with Crippen molar-refractivity contribution in [2.75, 3.05) is 19.3 Å². The van der Waals surface area contributed by atoms with Gasteiger partial charge in [0.2, 0.25) is 9.05 Å². The van der Waals surface area contributed by atoms with Crippen LogP contribution in [0.1, 0.15) is 27.2 Å². The van der Waals surface area contributed by atoms with Gasteiger partial charge in [-0.05, 0) is 27.2 Å². The molecule has 0 N–H and O–H groups in total. The quantitative estimate of drug-likeness (QED) is 0.732. The fourth-order valence-corrected chi connectivity index (χ4v) is 1.71. The number of amides is 1. The van der Waals surface area contributed by atoms with Crippen molar-refractivity contribution in [3.8, 4) is 0 Å². The fraction of sp³-hybridized carbons (Fsp3) is 0.889. The lowest BCUT2D eigenvalue weighted by molar-refractivity contribution is 0.0299. The first-order chi connectivity index (χ1) is 7.01. The van der Waals surface area contributed by atoms with Gasteiger partial charge in [0.1, 0.15) is 5.60 Å². The number of halogens is 1. The third-order valence-corrected chi connectivity index (χ3v) is 2.83. The van der Waals surface area contributed by atoms with Crippen molar-refractivity contribution in [3.63, 3.8) is 0 Å². The molecule has 0 rings (SSSR count). The molecule has 0 radical (unpaired) electrons. The summed E-state index contributed by atoms with van der Waals surface area (Å²) in [5.41, 5.74) is -0.552. The summed E-state index contributed by atoms with van der Waals surface area (Å²) in [5.74, 6) is -0.151. The Morgan fingerprint density at radius 2 is 1.88 bits per heavy atom. The van der Waals surface area contributed by atoms with Crippen molar-refractivity contribution in [2.45, 2.75) is 32.8 Å². The molecule has 0 heterocycles. The van der Waals surface area contributed by atoms with Crippen molar-refractivity contribution in [1.82, 2.24) is 4.90 Å². The first-order valence-electron chi connectivity index (χ1n) is 4.88. The van der Waals surface area contributed by atoms with Crippen LogP contribution in [-0.2, 0) is 13.8 Å². The number of carbonyl (C=O) groups is 1. The zero-order valence-corrected chi connectivity index (χ0v) is 11.6. The number of rotatable bonds is 4. The first-order valence-corrected chi connectivity index (χ1v) is 7.35. The van der Waals surface area contributed by atoms with Gasteiger partial charge in [0.15, 0.2) is 0 Å². The SMILES string of the molecule is CN(CCCS(=O)(=O)Cl)C(=O)OC(C)(C)C. The highest BCUT2D eigenvalue weighted by Crippen LogP contribution is 2.09. The molecule has 0 bridgehead atoms. The highest BCUT2D eigenvalue weighted by Gasteiger charge is 2.19. The summed E-state index contributed by atoms with van der Waals surface area (Å²) in [5, 5.41) is 0. The van der Waals surface area contributed by atoms with Crippen LogP contribution in [0.2, 0.25) is 0 Å². The summed E-state index contributed by atoms with van der Waals surface area (Å²) in [6.45, 7) is 5.59. The van der Waals surface area contributed by atoms with Gasteiger partial charge in [-0.3, -0.25) is 0 Å². The average Bonchev–Trinajstić information content (AvgIpc) is 1.98. The number of hydrogen-bond acceptors (Lipinski definition) is 4. The Bertz CT molecular complexity index is 334. The van der Waals surface area contributed by atoms with Gasteiger partial charge in [0, 0.05) is 24.3 Å². The molecule has 96 valence electrons. The third-order valence-electron chi connectivity index (χ3n) is 1.59. The number of carbonyl (C=O) groups excluding carboxylic acids is 1. The lowest BCUT2D eigenvalue weighted by Crippen LogP contribution is -2.35. The van der Waals surface area contributed by atoms with Crippen LogP contribution in [-0.4, -0.2) is 44.4 Å². The van der Waals surface area contributed by atoms with Gasteiger partial charge >= 0.3 is 6.09 Å². The van der Waals surface area contributed by atoms with E-state index in [-0.39, 0.29) is 5.75 Å². The van der Waals surface area contributed by atoms with Gasteiger partial charge in [-0.2, -0.15) is 0 Å². The van der Waals surface area contributed by atoms with Gasteiger partial charge < -0.3 is 9.64 Å². The predicted molar refractivity (Wildman–Crippen MR) is 63.1 cm³/mol. The minimum Gasteiger partial charge on any atom is -0.444 e. The van der Waals surface area contributed by atoms with Crippen LogP contribution in [0.5, 0.6) is 0 Å². The zero-order chi connectivity index (χ0) is 13.0. The molecule has 7 heteroatoms. The number of nitrogens with zero attached hydrogens (tertiary/aromatic N) is 1. The van der Waals surface area contributed by atoms with Crippen molar-refractivity contribution in [3.05, 3.63) is 0 Å². The Labute approximate surface area is 101 Å². The van der Waals surface area contributed by atoms with E-state index in [0.717, 1.165) is 0 Å². The molecule has 1 amide bonds. The second-order valence-electron chi connectivity index (χ2n) is 4.50. The van der Waals surface area contributed by atoms with E-state index in [2.05, 4.69) is 0 Å². The normalized spacial score (nSPS) is 12.3. The Balaban J connectivity index is 3.99. The molecule has 0 spiro atoms. The Morgan fingerprint density at radius 1 is 1.38 bits per heavy atom. The molecule has 0 fully saturated rings. The topological polar surface area (TPSA) is 63.7 Å². The van der Waals surface area contributed by atoms with Crippen molar-refractivity contribution >= 4 is 25.8 Å². The predicted octanol–water partition coefficient (Wildman–Crippen LogP) is 1.81. The molecule has 0 aliphatic heterocycles. The molecule has 0 saturated heterocycles. The maximum Gasteiger partial charge on any atom is 0.410 e. The zero-order valence-electron chi connectivity index (χ0n) is 9.99. The van der Waals surface area contributed by atoms with Gasteiger partial charge in [-0.25, -0.2) is 13.2 Å². The maximum atomic E-state index is 11.4. The average molecular weight is 272 g/mol. The van der Waals surface area contributed by atoms with Crippen LogP contribution in [0.4, 0.5) is 4.79 Å². The molecule has 0 aliphatic carbocycles. The summed E-state index contributed by atoms with van der Waals surface area (Å²) in [4.78, 5) is 12.8. The highest BCUT2D eigenvalue weighted by molar-refractivity contribution is 8.13. The summed E-state index contributed by atoms with van der Waals surface area (Å²) in [6.07, 6.45) is -0.179. The fourth-order valence-electron chi connectivity index (χ4n) is 0.905. The van der Waals surface area contributed by atoms with Gasteiger partial charge in [-0.1, -0.05) is 0 Å². The van der Waals surface area contributed by atoms with Crippen molar-refractivity contribution in [1.29, 1.82) is 0 Å². The van der Waals surface area contributed by atoms with Crippen LogP contribution in [0.15, 0.2) is 0 Å². The lowest BCUT2D eigenvalue weighted by atomic mass is 10.2. The van der Waals surface area contributed by atoms with E-state index in [1.807, 2.05) is 0 Å². The standard InChI is InChI=1S/C9H18ClNO4S/c1-9(2,3)15-8(12)11(4)6-5-7-16(10,13)14/h5-7H2,1-4H3. The second-order valence-corrected chi connectivity index (χ2v) is 7.39. The Hall–Kier alpha value is -0.490. The maximum absolute atomic E-state index is 11.4. The lowest BCUT2D eigenvalue weighted by Gasteiger charge is -2.24. The van der Waals surface area contributed by atoms with E-state index in [1.54, 1.807) is 27.8 Å². The molecule has 0 unspecified atom stereocenters. The molecule has 0 aromatic carbocycles. The van der Waals surface area contributed by atoms with Crippen LogP contribution in [0, 0.1) is 0 Å². The van der Waals surface area contributed by atoms with Crippen LogP contribution >= 0.6 is 10.7 Å². The molecule has 0 aromatic heterocycles. The third kappa shape index (κ3) is 8.79. The summed E-state index contributed by atoms with van der Waals surface area (Å²) < 4.78 is 26.4. The summed E-state index contributed by atoms with van der Waals surface area (Å²) in [7, 11) is 3.10. The van der Waals surface area contributed by atoms with Gasteiger partial charge in [0.25, 0.3) is 0 Å². The smallest absolute Gasteiger partial charge is 0.410 e. The molecule has 0 atom stereocenters. The minimum absolute atomic E-state index is 0.151. The summed E-state index contributed by atoms with van der Waals surface area (Å²) >= 11 is 0. The molecule has 0 aliphatic rings. The number of hydrogen-bond donors (Lipinski definition) is 0. The van der Waals surface area contributed by atoms with E-state index in [4.69, 9.17) is 15.4 Å². The van der Waals surface area contributed by atoms with Crippen LogP contribution in [0.3, 0.4) is 0 Å². The van der Waals surface area contributed by atoms with E-state index in [1.165, 1.54) is 4.90 Å². The minimum atomic E-state index is -3.49. The van der Waals surface area contributed by atoms with Crippen molar-refractivity contribution in [2.24, 2.45) is 0 Å². The second kappa shape index (κ2) is 5.72. The van der Waals surface area contributed by atoms with E-state index in [0.29, 0.717) is 13.0 Å². The Morgan fingerprint density at radius 3 is 2.25 bits per heavy atom. The first kappa shape index (κ1) is 15.5. The monoisotopic (exact) mass is 271 g/mol. The van der Waals surface area contributed by atoms with Crippen molar-refractivity contribution < 1.29 is 17.9 Å². The molecule has 0 saturated carbocycles. The largest absolute Gasteiger partial charge is 0.444 e. The Kier molecular flexibility index (Phi) is 5.55. The van der Waals surface area contributed by atoms with Gasteiger partial charge in [0.05, 0.1) is 5.75 Å². The highest BCUT2D eigenvalue weighted by atomic mass is 35.7. The van der Waals surface area contributed by atoms with E-state index < -0.39 is 20.7 Å². The molecule has 5 nitrogen and oxygen atoms in total. The van der Waals surface area contributed by atoms with E-state index >= 15 is 0 Å². The molecular weight excluding hydrogens is 254 g/mol. The number of ether oxygens (including phenoxy) is 1.